The first-order chi connectivity index (χ1) is 18.4. The van der Waals surface area contributed by atoms with Crippen LogP contribution >= 0.6 is 23.2 Å². The Morgan fingerprint density at radius 2 is 1.51 bits per heavy atom. The summed E-state index contributed by atoms with van der Waals surface area (Å²) in [6.45, 7) is 6.89. The summed E-state index contributed by atoms with van der Waals surface area (Å²) in [4.78, 5) is 28.4. The molecular formula is C29H33Cl2N3O4S. The number of anilines is 1. The molecule has 0 bridgehead atoms. The van der Waals surface area contributed by atoms with E-state index in [0.29, 0.717) is 15.7 Å². The van der Waals surface area contributed by atoms with Crippen molar-refractivity contribution >= 4 is 50.7 Å². The Kier molecular flexibility index (Phi) is 10.4. The maximum Gasteiger partial charge on any atom is 0.264 e. The van der Waals surface area contributed by atoms with Gasteiger partial charge in [0.15, 0.2) is 0 Å². The van der Waals surface area contributed by atoms with E-state index < -0.39 is 28.5 Å². The van der Waals surface area contributed by atoms with Crippen molar-refractivity contribution in [3.63, 3.8) is 0 Å². The summed E-state index contributed by atoms with van der Waals surface area (Å²) >= 11 is 12.0. The summed E-state index contributed by atoms with van der Waals surface area (Å²) in [5, 5.41) is 3.85. The minimum absolute atomic E-state index is 0.00646. The van der Waals surface area contributed by atoms with Gasteiger partial charge in [-0.25, -0.2) is 8.42 Å². The molecule has 0 aliphatic carbocycles. The van der Waals surface area contributed by atoms with Gasteiger partial charge in [-0.05, 0) is 86.8 Å². The highest BCUT2D eigenvalue weighted by atomic mass is 35.5. The molecule has 0 aromatic heterocycles. The highest BCUT2D eigenvalue weighted by molar-refractivity contribution is 7.92. The third kappa shape index (κ3) is 7.97. The molecule has 3 aromatic carbocycles. The Labute approximate surface area is 240 Å². The monoisotopic (exact) mass is 589 g/mol. The van der Waals surface area contributed by atoms with Crippen LogP contribution in [-0.4, -0.2) is 43.8 Å². The van der Waals surface area contributed by atoms with Crippen molar-refractivity contribution in [3.05, 3.63) is 94.0 Å². The quantitative estimate of drug-likeness (QED) is 0.305. The van der Waals surface area contributed by atoms with E-state index in [1.807, 2.05) is 26.8 Å². The molecule has 0 fully saturated rings. The van der Waals surface area contributed by atoms with Gasteiger partial charge < -0.3 is 10.2 Å². The van der Waals surface area contributed by atoms with Crippen LogP contribution in [0.3, 0.4) is 0 Å². The van der Waals surface area contributed by atoms with E-state index in [1.54, 1.807) is 49.4 Å². The van der Waals surface area contributed by atoms with Gasteiger partial charge in [-0.2, -0.15) is 0 Å². The average Bonchev–Trinajstić information content (AvgIpc) is 2.90. The predicted octanol–water partition coefficient (Wildman–Crippen LogP) is 5.83. The smallest absolute Gasteiger partial charge is 0.264 e. The number of rotatable bonds is 11. The van der Waals surface area contributed by atoms with Crippen molar-refractivity contribution in [2.45, 2.75) is 57.6 Å². The molecular weight excluding hydrogens is 557 g/mol. The van der Waals surface area contributed by atoms with Crippen LogP contribution in [0.2, 0.25) is 10.0 Å². The molecule has 0 saturated heterocycles. The maximum absolute atomic E-state index is 13.9. The first kappa shape index (κ1) is 30.5. The summed E-state index contributed by atoms with van der Waals surface area (Å²) in [5.41, 5.74) is 1.91. The van der Waals surface area contributed by atoms with E-state index >= 15 is 0 Å². The number of hydrogen-bond donors (Lipinski definition) is 1. The van der Waals surface area contributed by atoms with Gasteiger partial charge in [0.25, 0.3) is 10.0 Å². The average molecular weight is 591 g/mol. The van der Waals surface area contributed by atoms with Crippen LogP contribution in [-0.2, 0) is 26.2 Å². The van der Waals surface area contributed by atoms with Crippen molar-refractivity contribution in [1.82, 2.24) is 10.2 Å². The molecule has 3 aromatic rings. The molecule has 0 unspecified atom stereocenters. The molecule has 2 amide bonds. The number of hydrogen-bond acceptors (Lipinski definition) is 4. The molecule has 0 radical (unpaired) electrons. The lowest BCUT2D eigenvalue weighted by atomic mass is 10.1. The van der Waals surface area contributed by atoms with Crippen molar-refractivity contribution in [1.29, 1.82) is 0 Å². The van der Waals surface area contributed by atoms with Crippen molar-refractivity contribution in [2.24, 2.45) is 0 Å². The fourth-order valence-corrected chi connectivity index (χ4v) is 5.54. The van der Waals surface area contributed by atoms with Crippen LogP contribution in [0, 0.1) is 6.92 Å². The van der Waals surface area contributed by atoms with Gasteiger partial charge in [-0.1, -0.05) is 54.4 Å². The molecule has 208 valence electrons. The highest BCUT2D eigenvalue weighted by Gasteiger charge is 2.32. The van der Waals surface area contributed by atoms with Crippen LogP contribution in [0.1, 0.15) is 38.3 Å². The fourth-order valence-electron chi connectivity index (χ4n) is 3.88. The second-order valence-electron chi connectivity index (χ2n) is 9.45. The minimum atomic E-state index is -4.15. The number of carbonyl (C=O) groups is 2. The predicted molar refractivity (Wildman–Crippen MR) is 157 cm³/mol. The van der Waals surface area contributed by atoms with Crippen molar-refractivity contribution in [3.8, 4) is 0 Å². The highest BCUT2D eigenvalue weighted by Crippen LogP contribution is 2.26. The standard InChI is InChI=1S/C29H33Cl2N3O4S/c1-5-21(3)32-29(36)22(4)33(18-23-9-11-24(30)12-10-23)28(35)19-34(26-8-6-7-20(2)17-26)39(37,38)27-15-13-25(31)14-16-27/h6-17,21-22H,5,18-19H2,1-4H3,(H,32,36)/t21-,22-/m1/s1. The second kappa shape index (κ2) is 13.3. The van der Waals surface area contributed by atoms with Crippen LogP contribution < -0.4 is 9.62 Å². The van der Waals surface area contributed by atoms with Crippen LogP contribution in [0.5, 0.6) is 0 Å². The Balaban J connectivity index is 2.02. The molecule has 10 heteroatoms. The molecule has 1 N–H and O–H groups in total. The normalized spacial score (nSPS) is 12.9. The lowest BCUT2D eigenvalue weighted by molar-refractivity contribution is -0.139. The molecule has 0 aliphatic heterocycles. The van der Waals surface area contributed by atoms with Gasteiger partial charge >= 0.3 is 0 Å². The van der Waals surface area contributed by atoms with Gasteiger partial charge in [0.2, 0.25) is 11.8 Å². The Morgan fingerprint density at radius 3 is 2.08 bits per heavy atom. The van der Waals surface area contributed by atoms with E-state index in [4.69, 9.17) is 23.2 Å². The first-order valence-corrected chi connectivity index (χ1v) is 14.8. The first-order valence-electron chi connectivity index (χ1n) is 12.6. The van der Waals surface area contributed by atoms with E-state index in [0.717, 1.165) is 21.9 Å². The second-order valence-corrected chi connectivity index (χ2v) is 12.2. The molecule has 2 atom stereocenters. The van der Waals surface area contributed by atoms with E-state index in [2.05, 4.69) is 5.32 Å². The van der Waals surface area contributed by atoms with E-state index in [1.165, 1.54) is 29.2 Å². The summed E-state index contributed by atoms with van der Waals surface area (Å²) < 4.78 is 28.7. The summed E-state index contributed by atoms with van der Waals surface area (Å²) in [6, 6.07) is 18.7. The number of halogens is 2. The number of nitrogens with one attached hydrogen (secondary N) is 1. The topological polar surface area (TPSA) is 86.8 Å². The van der Waals surface area contributed by atoms with Crippen LogP contribution in [0.15, 0.2) is 77.7 Å². The van der Waals surface area contributed by atoms with E-state index in [9.17, 15) is 18.0 Å². The molecule has 7 nitrogen and oxygen atoms in total. The molecule has 0 heterocycles. The number of carbonyl (C=O) groups excluding carboxylic acids is 2. The fraction of sp³-hybridized carbons (Fsp3) is 0.310. The zero-order valence-corrected chi connectivity index (χ0v) is 24.7. The number of benzene rings is 3. The van der Waals surface area contributed by atoms with E-state index in [-0.39, 0.29) is 23.4 Å². The Hall–Kier alpha value is -3.07. The minimum Gasteiger partial charge on any atom is -0.352 e. The number of aryl methyl sites for hydroxylation is 1. The van der Waals surface area contributed by atoms with Crippen LogP contribution in [0.4, 0.5) is 5.69 Å². The van der Waals surface area contributed by atoms with Crippen molar-refractivity contribution < 1.29 is 18.0 Å². The third-order valence-corrected chi connectivity index (χ3v) is 8.70. The van der Waals surface area contributed by atoms with Gasteiger partial charge in [-0.3, -0.25) is 13.9 Å². The Morgan fingerprint density at radius 1 is 0.923 bits per heavy atom. The summed E-state index contributed by atoms with van der Waals surface area (Å²) in [5.74, 6) is -0.856. The molecule has 39 heavy (non-hydrogen) atoms. The maximum atomic E-state index is 13.9. The lowest BCUT2D eigenvalue weighted by Gasteiger charge is -2.32. The summed E-state index contributed by atoms with van der Waals surface area (Å²) in [6.07, 6.45) is 0.726. The summed E-state index contributed by atoms with van der Waals surface area (Å²) in [7, 11) is -4.15. The molecule has 0 aliphatic rings. The van der Waals surface area contributed by atoms with Gasteiger partial charge in [0, 0.05) is 22.6 Å². The van der Waals surface area contributed by atoms with Crippen molar-refractivity contribution in [2.75, 3.05) is 10.8 Å². The molecule has 3 rings (SSSR count). The lowest BCUT2D eigenvalue weighted by Crippen LogP contribution is -2.52. The molecule has 0 spiro atoms. The van der Waals surface area contributed by atoms with Gasteiger partial charge in [0.1, 0.15) is 12.6 Å². The molecule has 0 saturated carbocycles. The largest absolute Gasteiger partial charge is 0.352 e. The number of nitrogens with zero attached hydrogens (tertiary/aromatic N) is 2. The van der Waals surface area contributed by atoms with Gasteiger partial charge in [0.05, 0.1) is 10.6 Å². The third-order valence-electron chi connectivity index (χ3n) is 6.40. The van der Waals surface area contributed by atoms with Gasteiger partial charge in [-0.15, -0.1) is 0 Å². The Bertz CT molecular complexity index is 1400. The number of sulfonamides is 1. The van der Waals surface area contributed by atoms with Crippen LogP contribution in [0.25, 0.3) is 0 Å². The zero-order valence-electron chi connectivity index (χ0n) is 22.4. The number of amides is 2. The SMILES string of the molecule is CC[C@@H](C)NC(=O)[C@@H](C)N(Cc1ccc(Cl)cc1)C(=O)CN(c1cccc(C)c1)S(=O)(=O)c1ccc(Cl)cc1. The zero-order chi connectivity index (χ0) is 28.7.